The molecule has 29 heavy (non-hydrogen) atoms. The summed E-state index contributed by atoms with van der Waals surface area (Å²) in [6, 6.07) is 18.7. The van der Waals surface area contributed by atoms with Crippen molar-refractivity contribution in [2.75, 3.05) is 24.7 Å². The maximum atomic E-state index is 13.3. The molecule has 1 heterocycles. The van der Waals surface area contributed by atoms with Gasteiger partial charge in [0, 0.05) is 25.3 Å². The van der Waals surface area contributed by atoms with Gasteiger partial charge in [0.25, 0.3) is 5.56 Å². The van der Waals surface area contributed by atoms with E-state index >= 15 is 0 Å². The molecule has 0 bridgehead atoms. The van der Waals surface area contributed by atoms with E-state index in [1.54, 1.807) is 24.3 Å². The van der Waals surface area contributed by atoms with Crippen molar-refractivity contribution in [3.63, 3.8) is 0 Å². The maximum Gasteiger partial charge on any atom is 0.275 e. The summed E-state index contributed by atoms with van der Waals surface area (Å²) in [5.41, 5.74) is 9.12. The van der Waals surface area contributed by atoms with Crippen LogP contribution in [0, 0.1) is 22.7 Å². The second-order valence-electron chi connectivity index (χ2n) is 6.80. The second kappa shape index (κ2) is 7.92. The van der Waals surface area contributed by atoms with Gasteiger partial charge in [0.1, 0.15) is 29.1 Å². The van der Waals surface area contributed by atoms with Crippen LogP contribution in [-0.4, -0.2) is 18.7 Å². The summed E-state index contributed by atoms with van der Waals surface area (Å²) in [5.74, 6) is 0.0316. The Balaban J connectivity index is 2.38. The van der Waals surface area contributed by atoms with Crippen LogP contribution in [0.25, 0.3) is 16.8 Å². The van der Waals surface area contributed by atoms with Crippen molar-refractivity contribution in [2.24, 2.45) is 0 Å². The molecule has 0 saturated heterocycles. The first-order valence-corrected chi connectivity index (χ1v) is 9.19. The number of benzene rings is 2. The van der Waals surface area contributed by atoms with Crippen LogP contribution < -0.4 is 16.2 Å². The lowest BCUT2D eigenvalue weighted by Gasteiger charge is -2.18. The second-order valence-corrected chi connectivity index (χ2v) is 6.80. The van der Waals surface area contributed by atoms with E-state index in [1.807, 2.05) is 56.3 Å². The van der Waals surface area contributed by atoms with E-state index in [2.05, 4.69) is 6.07 Å². The van der Waals surface area contributed by atoms with Gasteiger partial charge in [-0.3, -0.25) is 9.36 Å². The van der Waals surface area contributed by atoms with Gasteiger partial charge in [-0.15, -0.1) is 0 Å². The van der Waals surface area contributed by atoms with E-state index < -0.39 is 5.56 Å². The Labute approximate surface area is 169 Å². The number of anilines is 2. The van der Waals surface area contributed by atoms with Gasteiger partial charge in [-0.05, 0) is 35.7 Å². The molecule has 3 rings (SSSR count). The summed E-state index contributed by atoms with van der Waals surface area (Å²) in [4.78, 5) is 15.2. The number of aromatic nitrogens is 1. The molecule has 6 nitrogen and oxygen atoms in total. The predicted molar refractivity (Wildman–Crippen MR) is 115 cm³/mol. The van der Waals surface area contributed by atoms with E-state index in [-0.39, 0.29) is 22.5 Å². The normalized spacial score (nSPS) is 10.2. The summed E-state index contributed by atoms with van der Waals surface area (Å²) in [7, 11) is 3.83. The van der Waals surface area contributed by atoms with E-state index in [9.17, 15) is 15.3 Å². The molecule has 0 radical (unpaired) electrons. The van der Waals surface area contributed by atoms with Crippen molar-refractivity contribution in [2.45, 2.75) is 13.3 Å². The van der Waals surface area contributed by atoms with Crippen LogP contribution in [0.2, 0.25) is 0 Å². The molecule has 0 spiro atoms. The zero-order valence-electron chi connectivity index (χ0n) is 16.6. The fourth-order valence-electron chi connectivity index (χ4n) is 3.39. The molecule has 6 heteroatoms. The van der Waals surface area contributed by atoms with Crippen molar-refractivity contribution >= 4 is 11.5 Å². The van der Waals surface area contributed by atoms with Crippen LogP contribution in [0.1, 0.15) is 23.6 Å². The third kappa shape index (κ3) is 3.33. The van der Waals surface area contributed by atoms with Crippen molar-refractivity contribution < 1.29 is 0 Å². The molecule has 0 unspecified atom stereocenters. The SMILES string of the molecule is CCc1ccccc1-n1c(N)c(C#N)c(-c2ccc(N(C)C)cc2)c(C#N)c1=O. The number of rotatable bonds is 4. The highest BCUT2D eigenvalue weighted by Gasteiger charge is 2.23. The van der Waals surface area contributed by atoms with Crippen LogP contribution in [0.3, 0.4) is 0 Å². The fraction of sp³-hybridized carbons (Fsp3) is 0.174. The van der Waals surface area contributed by atoms with Crippen LogP contribution in [0.5, 0.6) is 0 Å². The summed E-state index contributed by atoms with van der Waals surface area (Å²) in [6.07, 6.45) is 0.680. The Hall–Kier alpha value is -4.03. The molecule has 1 aromatic heterocycles. The van der Waals surface area contributed by atoms with Crippen molar-refractivity contribution in [3.05, 3.63) is 75.6 Å². The molecule has 0 aliphatic heterocycles. The largest absolute Gasteiger partial charge is 0.384 e. The number of nitrogens with two attached hydrogens (primary N) is 1. The molecule has 2 N–H and O–H groups in total. The highest BCUT2D eigenvalue weighted by molar-refractivity contribution is 5.82. The molecular weight excluding hydrogens is 362 g/mol. The van der Waals surface area contributed by atoms with Gasteiger partial charge < -0.3 is 10.6 Å². The lowest BCUT2D eigenvalue weighted by molar-refractivity contribution is 0.959. The van der Waals surface area contributed by atoms with Gasteiger partial charge in [-0.2, -0.15) is 10.5 Å². The topological polar surface area (TPSA) is 98.8 Å². The van der Waals surface area contributed by atoms with Gasteiger partial charge in [-0.25, -0.2) is 0 Å². The molecule has 0 aliphatic rings. The quantitative estimate of drug-likeness (QED) is 0.744. The highest BCUT2D eigenvalue weighted by atomic mass is 16.1. The summed E-state index contributed by atoms with van der Waals surface area (Å²) in [6.45, 7) is 1.97. The lowest BCUT2D eigenvalue weighted by atomic mass is 9.95. The fourth-order valence-corrected chi connectivity index (χ4v) is 3.39. The first-order valence-electron chi connectivity index (χ1n) is 9.19. The minimum absolute atomic E-state index is 0.0316. The third-order valence-electron chi connectivity index (χ3n) is 4.92. The molecule has 0 aliphatic carbocycles. The molecular formula is C23H21N5O. The van der Waals surface area contributed by atoms with E-state index in [1.165, 1.54) is 4.57 Å². The Morgan fingerprint density at radius 1 is 1.00 bits per heavy atom. The zero-order chi connectivity index (χ0) is 21.1. The van der Waals surface area contributed by atoms with Gasteiger partial charge in [0.2, 0.25) is 0 Å². The van der Waals surface area contributed by atoms with Gasteiger partial charge in [-0.1, -0.05) is 37.3 Å². The first kappa shape index (κ1) is 19.7. The van der Waals surface area contributed by atoms with E-state index in [0.29, 0.717) is 17.7 Å². The van der Waals surface area contributed by atoms with Crippen molar-refractivity contribution in [1.82, 2.24) is 4.57 Å². The summed E-state index contributed by atoms with van der Waals surface area (Å²) >= 11 is 0. The van der Waals surface area contributed by atoms with Crippen molar-refractivity contribution in [1.29, 1.82) is 10.5 Å². The Morgan fingerprint density at radius 3 is 2.17 bits per heavy atom. The van der Waals surface area contributed by atoms with Crippen LogP contribution in [-0.2, 0) is 6.42 Å². The van der Waals surface area contributed by atoms with Gasteiger partial charge in [0.15, 0.2) is 0 Å². The zero-order valence-corrected chi connectivity index (χ0v) is 16.6. The minimum atomic E-state index is -0.531. The number of hydrogen-bond acceptors (Lipinski definition) is 5. The molecule has 0 saturated carbocycles. The first-order chi connectivity index (χ1) is 13.9. The smallest absolute Gasteiger partial charge is 0.275 e. The average molecular weight is 383 g/mol. The van der Waals surface area contributed by atoms with Crippen LogP contribution in [0.4, 0.5) is 11.5 Å². The van der Waals surface area contributed by atoms with Crippen molar-refractivity contribution in [3.8, 4) is 29.0 Å². The monoisotopic (exact) mass is 383 g/mol. The van der Waals surface area contributed by atoms with Crippen LogP contribution >= 0.6 is 0 Å². The molecule has 0 amide bonds. The van der Waals surface area contributed by atoms with E-state index in [4.69, 9.17) is 5.73 Å². The predicted octanol–water partition coefficient (Wildman–Crippen LogP) is 3.46. The summed E-state index contributed by atoms with van der Waals surface area (Å²) < 4.78 is 1.27. The number of nitrogen functional groups attached to an aromatic ring is 1. The molecule has 3 aromatic rings. The van der Waals surface area contributed by atoms with Gasteiger partial charge >= 0.3 is 0 Å². The number of nitrogens with zero attached hydrogens (tertiary/aromatic N) is 4. The lowest BCUT2D eigenvalue weighted by Crippen LogP contribution is -2.27. The number of hydrogen-bond donors (Lipinski definition) is 1. The highest BCUT2D eigenvalue weighted by Crippen LogP contribution is 2.32. The van der Waals surface area contributed by atoms with Gasteiger partial charge in [0.05, 0.1) is 5.69 Å². The molecule has 2 aromatic carbocycles. The number of pyridine rings is 1. The maximum absolute atomic E-state index is 13.3. The Bertz CT molecular complexity index is 1210. The Morgan fingerprint density at radius 2 is 1.62 bits per heavy atom. The number of aryl methyl sites for hydroxylation is 1. The summed E-state index contributed by atoms with van der Waals surface area (Å²) in [5, 5.41) is 19.6. The molecule has 144 valence electrons. The number of para-hydroxylation sites is 1. The van der Waals surface area contributed by atoms with E-state index in [0.717, 1.165) is 11.3 Å². The molecule has 0 fully saturated rings. The third-order valence-corrected chi connectivity index (χ3v) is 4.92. The number of nitriles is 2. The minimum Gasteiger partial charge on any atom is -0.384 e. The van der Waals surface area contributed by atoms with Crippen LogP contribution in [0.15, 0.2) is 53.3 Å². The average Bonchev–Trinajstić information content (AvgIpc) is 2.74. The Kier molecular flexibility index (Phi) is 5.38. The standard InChI is InChI=1S/C23H21N5O/c1-4-15-7-5-6-8-20(15)28-22(26)18(13-24)21(19(14-25)23(28)29)16-9-11-17(12-10-16)27(2)3/h5-12H,4,26H2,1-3H3. The molecule has 0 atom stereocenters.